The summed E-state index contributed by atoms with van der Waals surface area (Å²) < 4.78 is 0. The van der Waals surface area contributed by atoms with Crippen LogP contribution in [0.15, 0.2) is 0 Å². The minimum Gasteiger partial charge on any atom is -0.305 e. The first kappa shape index (κ1) is 10.0. The molecule has 1 fully saturated rings. The van der Waals surface area contributed by atoms with Crippen LogP contribution in [0.3, 0.4) is 0 Å². The van der Waals surface area contributed by atoms with Crippen LogP contribution < -0.4 is 0 Å². The highest BCUT2D eigenvalue weighted by Gasteiger charge is 2.38. The maximum absolute atomic E-state index is 2.48. The van der Waals surface area contributed by atoms with Gasteiger partial charge in [-0.25, -0.2) is 0 Å². The fourth-order valence-corrected chi connectivity index (χ4v) is 1.89. The molecule has 0 aromatic carbocycles. The summed E-state index contributed by atoms with van der Waals surface area (Å²) in [4.78, 5) is 2.48. The molecule has 1 aliphatic rings. The van der Waals surface area contributed by atoms with Gasteiger partial charge >= 0.3 is 0 Å². The van der Waals surface area contributed by atoms with Crippen molar-refractivity contribution in [1.82, 2.24) is 4.90 Å². The minimum atomic E-state index is 0.444. The molecule has 0 spiro atoms. The zero-order valence-corrected chi connectivity index (χ0v) is 9.28. The number of rotatable bonds is 3. The van der Waals surface area contributed by atoms with Gasteiger partial charge in [0.25, 0.3) is 0 Å². The number of nitrogens with zero attached hydrogens (tertiary/aromatic N) is 1. The Bertz CT molecular complexity index is 144. The molecule has 1 nitrogen and oxygen atoms in total. The van der Waals surface area contributed by atoms with E-state index in [0.29, 0.717) is 10.8 Å². The fraction of sp³-hybridized carbons (Fsp3) is 1.00. The molecule has 0 aromatic heterocycles. The molecule has 0 N–H and O–H groups in total. The molecule has 1 saturated carbocycles. The van der Waals surface area contributed by atoms with Crippen LogP contribution in [0.2, 0.25) is 0 Å². The van der Waals surface area contributed by atoms with Crippen molar-refractivity contribution in [2.24, 2.45) is 10.8 Å². The molecule has 0 saturated heterocycles. The van der Waals surface area contributed by atoms with E-state index in [1.54, 1.807) is 0 Å². The molecule has 0 aliphatic heterocycles. The SMILES string of the molecule is CN(CC(C)(C)C)CC1(C)CC1. The first-order valence-electron chi connectivity index (χ1n) is 4.99. The second-order valence-electron chi connectivity index (χ2n) is 6.04. The van der Waals surface area contributed by atoms with Crippen molar-refractivity contribution < 1.29 is 0 Å². The molecule has 0 aromatic rings. The van der Waals surface area contributed by atoms with Crippen LogP contribution in [0.4, 0.5) is 0 Å². The van der Waals surface area contributed by atoms with Gasteiger partial charge in [-0.2, -0.15) is 0 Å². The molecular weight excluding hydrogens is 146 g/mol. The van der Waals surface area contributed by atoms with Crippen LogP contribution in [-0.4, -0.2) is 25.0 Å². The molecule has 0 radical (unpaired) electrons. The summed E-state index contributed by atoms with van der Waals surface area (Å²) in [6.07, 6.45) is 2.86. The Balaban J connectivity index is 2.24. The van der Waals surface area contributed by atoms with Crippen molar-refractivity contribution in [3.05, 3.63) is 0 Å². The fourth-order valence-electron chi connectivity index (χ4n) is 1.89. The second-order valence-corrected chi connectivity index (χ2v) is 6.04. The lowest BCUT2D eigenvalue weighted by Gasteiger charge is -2.28. The third-order valence-corrected chi connectivity index (χ3v) is 2.50. The van der Waals surface area contributed by atoms with Gasteiger partial charge in [0.05, 0.1) is 0 Å². The van der Waals surface area contributed by atoms with Crippen LogP contribution in [0, 0.1) is 10.8 Å². The standard InChI is InChI=1S/C11H23N/c1-10(2,3)8-12(5)9-11(4)6-7-11/h6-9H2,1-5H3. The summed E-state index contributed by atoms with van der Waals surface area (Å²) in [5.74, 6) is 0. The summed E-state index contributed by atoms with van der Waals surface area (Å²) in [5, 5.41) is 0. The lowest BCUT2D eigenvalue weighted by Crippen LogP contribution is -2.33. The van der Waals surface area contributed by atoms with Crippen molar-refractivity contribution >= 4 is 0 Å². The smallest absolute Gasteiger partial charge is 0.00325 e. The van der Waals surface area contributed by atoms with Gasteiger partial charge < -0.3 is 4.90 Å². The quantitative estimate of drug-likeness (QED) is 0.628. The van der Waals surface area contributed by atoms with E-state index in [0.717, 1.165) is 0 Å². The summed E-state index contributed by atoms with van der Waals surface area (Å²) in [6, 6.07) is 0. The van der Waals surface area contributed by atoms with Gasteiger partial charge in [0.1, 0.15) is 0 Å². The summed E-state index contributed by atoms with van der Waals surface area (Å²) in [5.41, 5.74) is 1.11. The van der Waals surface area contributed by atoms with E-state index in [4.69, 9.17) is 0 Å². The van der Waals surface area contributed by atoms with Gasteiger partial charge in [-0.05, 0) is 30.7 Å². The van der Waals surface area contributed by atoms with Crippen LogP contribution in [-0.2, 0) is 0 Å². The van der Waals surface area contributed by atoms with Gasteiger partial charge in [0.2, 0.25) is 0 Å². The monoisotopic (exact) mass is 169 g/mol. The second kappa shape index (κ2) is 3.02. The van der Waals surface area contributed by atoms with E-state index in [1.807, 2.05) is 0 Å². The Morgan fingerprint density at radius 2 is 1.75 bits per heavy atom. The average Bonchev–Trinajstić information content (AvgIpc) is 2.40. The molecule has 0 amide bonds. The van der Waals surface area contributed by atoms with Gasteiger partial charge in [-0.3, -0.25) is 0 Å². The van der Waals surface area contributed by atoms with Crippen molar-refractivity contribution in [3.8, 4) is 0 Å². The summed E-state index contributed by atoms with van der Waals surface area (Å²) in [6.45, 7) is 11.8. The highest BCUT2D eigenvalue weighted by Crippen LogP contribution is 2.45. The third kappa shape index (κ3) is 3.57. The molecule has 1 aliphatic carbocycles. The Labute approximate surface area is 77.1 Å². The molecule has 0 heterocycles. The average molecular weight is 169 g/mol. The van der Waals surface area contributed by atoms with E-state index >= 15 is 0 Å². The van der Waals surface area contributed by atoms with Crippen molar-refractivity contribution in [3.63, 3.8) is 0 Å². The molecule has 0 bridgehead atoms. The minimum absolute atomic E-state index is 0.444. The first-order valence-corrected chi connectivity index (χ1v) is 4.99. The van der Waals surface area contributed by atoms with Crippen LogP contribution >= 0.6 is 0 Å². The van der Waals surface area contributed by atoms with E-state index in [2.05, 4.69) is 39.6 Å². The van der Waals surface area contributed by atoms with Crippen molar-refractivity contribution in [2.45, 2.75) is 40.5 Å². The predicted octanol–water partition coefficient (Wildman–Crippen LogP) is 2.76. The maximum Gasteiger partial charge on any atom is 0.00325 e. The Kier molecular flexibility index (Phi) is 2.53. The molecule has 0 atom stereocenters. The zero-order valence-electron chi connectivity index (χ0n) is 9.28. The Morgan fingerprint density at radius 3 is 2.08 bits per heavy atom. The highest BCUT2D eigenvalue weighted by molar-refractivity contribution is 4.91. The Morgan fingerprint density at radius 1 is 1.25 bits per heavy atom. The predicted molar refractivity (Wildman–Crippen MR) is 54.3 cm³/mol. The molecular formula is C11H23N. The lowest BCUT2D eigenvalue weighted by molar-refractivity contribution is 0.197. The normalized spacial score (nSPS) is 21.5. The van der Waals surface area contributed by atoms with E-state index in [1.165, 1.54) is 25.9 Å². The largest absolute Gasteiger partial charge is 0.305 e. The van der Waals surface area contributed by atoms with Gasteiger partial charge in [-0.15, -0.1) is 0 Å². The van der Waals surface area contributed by atoms with E-state index in [9.17, 15) is 0 Å². The number of hydrogen-bond donors (Lipinski definition) is 0. The van der Waals surface area contributed by atoms with Crippen LogP contribution in [0.25, 0.3) is 0 Å². The first-order chi connectivity index (χ1) is 5.31. The number of hydrogen-bond acceptors (Lipinski definition) is 1. The van der Waals surface area contributed by atoms with Crippen LogP contribution in [0.1, 0.15) is 40.5 Å². The maximum atomic E-state index is 2.48. The summed E-state index contributed by atoms with van der Waals surface area (Å²) in [7, 11) is 2.24. The molecule has 0 unspecified atom stereocenters. The van der Waals surface area contributed by atoms with Gasteiger partial charge in [0, 0.05) is 13.1 Å². The van der Waals surface area contributed by atoms with Gasteiger partial charge in [0.15, 0.2) is 0 Å². The van der Waals surface area contributed by atoms with Crippen molar-refractivity contribution in [1.29, 1.82) is 0 Å². The Hall–Kier alpha value is -0.0400. The summed E-state index contributed by atoms with van der Waals surface area (Å²) >= 11 is 0. The molecule has 1 rings (SSSR count). The third-order valence-electron chi connectivity index (χ3n) is 2.50. The molecule has 12 heavy (non-hydrogen) atoms. The van der Waals surface area contributed by atoms with Gasteiger partial charge in [-0.1, -0.05) is 27.7 Å². The lowest BCUT2D eigenvalue weighted by atomic mass is 9.95. The molecule has 1 heteroatoms. The van der Waals surface area contributed by atoms with E-state index in [-0.39, 0.29) is 0 Å². The zero-order chi connectivity index (χ0) is 9.41. The molecule has 72 valence electrons. The van der Waals surface area contributed by atoms with Crippen LogP contribution in [0.5, 0.6) is 0 Å². The topological polar surface area (TPSA) is 3.24 Å². The highest BCUT2D eigenvalue weighted by atomic mass is 15.1. The van der Waals surface area contributed by atoms with Crippen molar-refractivity contribution in [2.75, 3.05) is 20.1 Å². The van der Waals surface area contributed by atoms with E-state index < -0.39 is 0 Å².